The van der Waals surface area contributed by atoms with E-state index in [9.17, 15) is 5.26 Å². The molecule has 0 aliphatic carbocycles. The van der Waals surface area contributed by atoms with Gasteiger partial charge in [-0.05, 0) is 61.2 Å². The number of aromatic amines is 1. The van der Waals surface area contributed by atoms with Crippen LogP contribution in [-0.2, 0) is 0 Å². The zero-order valence-corrected chi connectivity index (χ0v) is 14.3. The van der Waals surface area contributed by atoms with Gasteiger partial charge in [0, 0.05) is 18.8 Å². The van der Waals surface area contributed by atoms with Gasteiger partial charge >= 0.3 is 0 Å². The fourth-order valence-electron chi connectivity index (χ4n) is 3.38. The number of nitriles is 1. The van der Waals surface area contributed by atoms with Crippen molar-refractivity contribution in [1.82, 2.24) is 9.97 Å². The van der Waals surface area contributed by atoms with Crippen LogP contribution >= 0.6 is 0 Å². The number of aromatic nitrogens is 2. The largest absolute Gasteiger partial charge is 0.372 e. The van der Waals surface area contributed by atoms with E-state index in [2.05, 4.69) is 46.1 Å². The molecule has 2 aromatic carbocycles. The Balaban J connectivity index is 1.69. The lowest BCUT2D eigenvalue weighted by atomic mass is 10.0. The van der Waals surface area contributed by atoms with Gasteiger partial charge in [-0.1, -0.05) is 18.2 Å². The second-order valence-electron chi connectivity index (χ2n) is 6.51. The van der Waals surface area contributed by atoms with Crippen molar-refractivity contribution in [2.75, 3.05) is 18.0 Å². The Labute approximate surface area is 147 Å². The number of hydrogen-bond donors (Lipinski definition) is 1. The Bertz CT molecular complexity index is 952. The third-order valence-corrected chi connectivity index (χ3v) is 4.79. The molecule has 4 rings (SSSR count). The highest BCUT2D eigenvalue weighted by Crippen LogP contribution is 2.26. The number of benzene rings is 2. The Morgan fingerprint density at radius 3 is 2.72 bits per heavy atom. The van der Waals surface area contributed by atoms with Crippen molar-refractivity contribution < 1.29 is 0 Å². The van der Waals surface area contributed by atoms with Gasteiger partial charge in [-0.25, -0.2) is 4.98 Å². The summed E-state index contributed by atoms with van der Waals surface area (Å²) in [6, 6.07) is 16.6. The first kappa shape index (κ1) is 15.5. The highest BCUT2D eigenvalue weighted by atomic mass is 15.1. The molecule has 124 valence electrons. The maximum absolute atomic E-state index is 9.60. The quantitative estimate of drug-likeness (QED) is 0.718. The molecule has 0 saturated carbocycles. The molecular weight excluding hydrogens is 308 g/mol. The fraction of sp³-hybridized carbons (Fsp3) is 0.238. The van der Waals surface area contributed by atoms with Gasteiger partial charge in [0.15, 0.2) is 0 Å². The summed E-state index contributed by atoms with van der Waals surface area (Å²) >= 11 is 0. The lowest BCUT2D eigenvalue weighted by molar-refractivity contribution is 0.949. The monoisotopic (exact) mass is 328 g/mol. The number of nitrogens with zero attached hydrogens (tertiary/aromatic N) is 3. The van der Waals surface area contributed by atoms with Crippen LogP contribution in [-0.4, -0.2) is 23.1 Å². The van der Waals surface area contributed by atoms with Crippen molar-refractivity contribution >= 4 is 28.4 Å². The lowest BCUT2D eigenvalue weighted by Gasteiger charge is -2.18. The van der Waals surface area contributed by atoms with Crippen molar-refractivity contribution in [3.63, 3.8) is 0 Å². The minimum absolute atomic E-state index is 0.549. The number of hydrogen-bond acceptors (Lipinski definition) is 3. The van der Waals surface area contributed by atoms with E-state index >= 15 is 0 Å². The summed E-state index contributed by atoms with van der Waals surface area (Å²) in [6.07, 6.45) is 4.46. The summed E-state index contributed by atoms with van der Waals surface area (Å²) < 4.78 is 0. The number of fused-ring (bicyclic) bond motifs is 1. The van der Waals surface area contributed by atoms with Gasteiger partial charge in [0.05, 0.1) is 16.6 Å². The molecule has 2 heterocycles. The van der Waals surface area contributed by atoms with Crippen LogP contribution < -0.4 is 4.90 Å². The van der Waals surface area contributed by atoms with E-state index in [4.69, 9.17) is 0 Å². The van der Waals surface area contributed by atoms with E-state index < -0.39 is 0 Å². The number of allylic oxidation sites excluding steroid dienone is 1. The lowest BCUT2D eigenvalue weighted by Crippen LogP contribution is -2.17. The van der Waals surface area contributed by atoms with Crippen LogP contribution in [0.3, 0.4) is 0 Å². The predicted octanol–water partition coefficient (Wildman–Crippen LogP) is 4.54. The Hall–Kier alpha value is -3.06. The second-order valence-corrected chi connectivity index (χ2v) is 6.51. The minimum Gasteiger partial charge on any atom is -0.372 e. The van der Waals surface area contributed by atoms with Gasteiger partial charge in [-0.2, -0.15) is 5.26 Å². The summed E-state index contributed by atoms with van der Waals surface area (Å²) in [7, 11) is 0. The zero-order valence-electron chi connectivity index (χ0n) is 14.3. The molecule has 0 bridgehead atoms. The second kappa shape index (κ2) is 6.45. The number of H-pyrrole nitrogens is 1. The highest BCUT2D eigenvalue weighted by molar-refractivity contribution is 5.90. The number of para-hydroxylation sites is 2. The predicted molar refractivity (Wildman–Crippen MR) is 102 cm³/mol. The summed E-state index contributed by atoms with van der Waals surface area (Å²) in [5.74, 6) is 0.617. The summed E-state index contributed by atoms with van der Waals surface area (Å²) in [4.78, 5) is 10.2. The van der Waals surface area contributed by atoms with Crippen LogP contribution in [0, 0.1) is 18.3 Å². The van der Waals surface area contributed by atoms with Crippen LogP contribution in [0.25, 0.3) is 22.7 Å². The minimum atomic E-state index is 0.549. The molecule has 4 nitrogen and oxygen atoms in total. The number of rotatable bonds is 3. The van der Waals surface area contributed by atoms with Crippen molar-refractivity contribution in [2.24, 2.45) is 0 Å². The van der Waals surface area contributed by atoms with E-state index in [-0.39, 0.29) is 0 Å². The highest BCUT2D eigenvalue weighted by Gasteiger charge is 2.13. The Morgan fingerprint density at radius 1 is 1.20 bits per heavy atom. The van der Waals surface area contributed by atoms with Crippen LogP contribution in [0.4, 0.5) is 5.69 Å². The van der Waals surface area contributed by atoms with Crippen LogP contribution in [0.15, 0.2) is 42.5 Å². The van der Waals surface area contributed by atoms with Crippen LogP contribution in [0.5, 0.6) is 0 Å². The summed E-state index contributed by atoms with van der Waals surface area (Å²) in [5.41, 5.74) is 5.87. The molecule has 1 aliphatic heterocycles. The molecule has 0 unspecified atom stereocenters. The van der Waals surface area contributed by atoms with Crippen molar-refractivity contribution in [1.29, 1.82) is 5.26 Å². The Kier molecular flexibility index (Phi) is 3.99. The van der Waals surface area contributed by atoms with Gasteiger partial charge in [0.1, 0.15) is 11.9 Å². The first-order valence-corrected chi connectivity index (χ1v) is 8.67. The molecule has 0 amide bonds. The average molecular weight is 328 g/mol. The maximum atomic E-state index is 9.60. The van der Waals surface area contributed by atoms with Gasteiger partial charge in [-0.15, -0.1) is 0 Å². The molecule has 1 fully saturated rings. The first-order valence-electron chi connectivity index (χ1n) is 8.67. The van der Waals surface area contributed by atoms with E-state index in [0.29, 0.717) is 11.4 Å². The number of imidazole rings is 1. The van der Waals surface area contributed by atoms with Gasteiger partial charge < -0.3 is 9.88 Å². The third-order valence-electron chi connectivity index (χ3n) is 4.79. The van der Waals surface area contributed by atoms with Gasteiger partial charge in [0.2, 0.25) is 0 Å². The van der Waals surface area contributed by atoms with E-state index in [0.717, 1.165) is 29.7 Å². The molecule has 3 aromatic rings. The fourth-order valence-corrected chi connectivity index (χ4v) is 3.38. The molecule has 1 N–H and O–H groups in total. The van der Waals surface area contributed by atoms with Gasteiger partial charge in [0.25, 0.3) is 0 Å². The van der Waals surface area contributed by atoms with Crippen molar-refractivity contribution in [3.8, 4) is 6.07 Å². The average Bonchev–Trinajstić information content (AvgIpc) is 3.30. The van der Waals surface area contributed by atoms with E-state index in [1.807, 2.05) is 30.3 Å². The summed E-state index contributed by atoms with van der Waals surface area (Å²) in [6.45, 7) is 4.37. The summed E-state index contributed by atoms with van der Waals surface area (Å²) in [5, 5.41) is 9.60. The molecule has 0 spiro atoms. The molecule has 1 aromatic heterocycles. The molecule has 25 heavy (non-hydrogen) atoms. The number of anilines is 1. The normalized spacial score (nSPS) is 14.9. The van der Waals surface area contributed by atoms with E-state index in [1.165, 1.54) is 24.1 Å². The molecular formula is C21H20N4. The molecule has 0 atom stereocenters. The van der Waals surface area contributed by atoms with Crippen molar-refractivity contribution in [2.45, 2.75) is 19.8 Å². The molecule has 0 radical (unpaired) electrons. The first-order chi connectivity index (χ1) is 12.2. The third kappa shape index (κ3) is 3.01. The smallest absolute Gasteiger partial charge is 0.149 e. The maximum Gasteiger partial charge on any atom is 0.149 e. The molecule has 4 heteroatoms. The van der Waals surface area contributed by atoms with E-state index in [1.54, 1.807) is 0 Å². The van der Waals surface area contributed by atoms with Crippen molar-refractivity contribution in [3.05, 3.63) is 59.4 Å². The number of nitrogens with one attached hydrogen (secondary N) is 1. The standard InChI is InChI=1S/C21H20N4/c1-15-12-18(25-10-4-5-11-25)9-8-16(15)13-17(14-22)21-23-19-6-2-3-7-20(19)24-21/h2-3,6-9,12-13H,4-5,10-11H2,1H3,(H,23,24). The number of aryl methyl sites for hydroxylation is 1. The van der Waals surface area contributed by atoms with Gasteiger partial charge in [-0.3, -0.25) is 0 Å². The molecule has 1 aliphatic rings. The van der Waals surface area contributed by atoms with Crippen LogP contribution in [0.1, 0.15) is 29.8 Å². The SMILES string of the molecule is Cc1cc(N2CCCC2)ccc1C=C(C#N)c1nc2ccccc2[nH]1. The molecule has 1 saturated heterocycles. The Morgan fingerprint density at radius 2 is 2.00 bits per heavy atom. The van der Waals surface area contributed by atoms with Crippen LogP contribution in [0.2, 0.25) is 0 Å². The topological polar surface area (TPSA) is 55.7 Å². The zero-order chi connectivity index (χ0) is 17.2.